The van der Waals surface area contributed by atoms with Crippen LogP contribution in [-0.2, 0) is 6.42 Å². The number of hydrogen-bond acceptors (Lipinski definition) is 5. The van der Waals surface area contributed by atoms with Crippen LogP contribution in [0.4, 0.5) is 15.9 Å². The van der Waals surface area contributed by atoms with E-state index in [4.69, 9.17) is 5.26 Å². The Kier molecular flexibility index (Phi) is 5.70. The van der Waals surface area contributed by atoms with E-state index in [-0.39, 0.29) is 11.5 Å². The third-order valence-electron chi connectivity index (χ3n) is 3.78. The highest BCUT2D eigenvalue weighted by atomic mass is 19.1. The lowest BCUT2D eigenvalue weighted by Gasteiger charge is -2.08. The van der Waals surface area contributed by atoms with Gasteiger partial charge in [-0.1, -0.05) is 18.2 Å². The number of amides is 1. The van der Waals surface area contributed by atoms with Crippen molar-refractivity contribution in [2.45, 2.75) is 6.42 Å². The van der Waals surface area contributed by atoms with Gasteiger partial charge in [0.15, 0.2) is 0 Å². The molecule has 0 unspecified atom stereocenters. The van der Waals surface area contributed by atoms with Crippen LogP contribution in [0.15, 0.2) is 60.9 Å². The van der Waals surface area contributed by atoms with Crippen LogP contribution in [0.1, 0.15) is 21.6 Å². The van der Waals surface area contributed by atoms with Gasteiger partial charge >= 0.3 is 0 Å². The minimum atomic E-state index is -0.394. The molecule has 0 atom stereocenters. The Morgan fingerprint density at radius 1 is 1.11 bits per heavy atom. The smallest absolute Gasteiger partial charge is 0.274 e. The molecule has 6 nitrogen and oxygen atoms in total. The molecule has 0 saturated heterocycles. The molecule has 3 rings (SSSR count). The lowest BCUT2D eigenvalue weighted by Crippen LogP contribution is -2.15. The summed E-state index contributed by atoms with van der Waals surface area (Å²) in [6.07, 6.45) is 1.99. The van der Waals surface area contributed by atoms with Gasteiger partial charge in [0.2, 0.25) is 0 Å². The normalized spacial score (nSPS) is 10.1. The van der Waals surface area contributed by atoms with Crippen LogP contribution in [0, 0.1) is 17.1 Å². The van der Waals surface area contributed by atoms with E-state index in [1.807, 2.05) is 6.07 Å². The van der Waals surface area contributed by atoms with E-state index in [1.54, 1.807) is 42.5 Å². The third kappa shape index (κ3) is 5.09. The van der Waals surface area contributed by atoms with E-state index in [0.717, 1.165) is 5.56 Å². The van der Waals surface area contributed by atoms with Crippen LogP contribution in [0.3, 0.4) is 0 Å². The molecule has 3 aromatic rings. The number of nitrogens with one attached hydrogen (secondary N) is 2. The third-order valence-corrected chi connectivity index (χ3v) is 3.78. The molecule has 0 saturated carbocycles. The van der Waals surface area contributed by atoms with Crippen molar-refractivity contribution in [3.63, 3.8) is 0 Å². The first-order valence-electron chi connectivity index (χ1n) is 8.26. The Balaban J connectivity index is 1.59. The number of benzene rings is 2. The lowest BCUT2D eigenvalue weighted by molar-refractivity contribution is 0.102. The number of carbonyl (C=O) groups is 1. The van der Waals surface area contributed by atoms with Gasteiger partial charge in [0.25, 0.3) is 5.91 Å². The van der Waals surface area contributed by atoms with Gasteiger partial charge in [-0.3, -0.25) is 4.79 Å². The van der Waals surface area contributed by atoms with Crippen molar-refractivity contribution in [2.75, 3.05) is 17.2 Å². The van der Waals surface area contributed by atoms with Crippen molar-refractivity contribution >= 4 is 17.4 Å². The summed E-state index contributed by atoms with van der Waals surface area (Å²) in [5.74, 6) is -0.143. The second-order valence-electron chi connectivity index (χ2n) is 5.74. The average molecular weight is 361 g/mol. The Morgan fingerprint density at radius 2 is 1.93 bits per heavy atom. The van der Waals surface area contributed by atoms with Crippen molar-refractivity contribution in [3.8, 4) is 6.07 Å². The lowest BCUT2D eigenvalue weighted by atomic mass is 10.1. The Labute approximate surface area is 155 Å². The van der Waals surface area contributed by atoms with E-state index in [9.17, 15) is 9.18 Å². The van der Waals surface area contributed by atoms with E-state index in [1.165, 1.54) is 18.5 Å². The van der Waals surface area contributed by atoms with Crippen molar-refractivity contribution in [1.29, 1.82) is 5.26 Å². The average Bonchev–Trinajstić information content (AvgIpc) is 2.70. The van der Waals surface area contributed by atoms with Gasteiger partial charge in [0.05, 0.1) is 11.6 Å². The standard InChI is InChI=1S/C20H16FN5O/c21-16-6-4-14(5-7-16)8-9-23-19-11-18(24-13-25-19)20(27)26-17-3-1-2-15(10-17)12-22/h1-7,10-11,13H,8-9H2,(H,26,27)(H,23,24,25). The van der Waals surface area contributed by atoms with Gasteiger partial charge in [0, 0.05) is 18.3 Å². The highest BCUT2D eigenvalue weighted by Crippen LogP contribution is 2.12. The maximum atomic E-state index is 12.9. The zero-order valence-corrected chi connectivity index (χ0v) is 14.3. The maximum Gasteiger partial charge on any atom is 0.274 e. The van der Waals surface area contributed by atoms with Crippen LogP contribution >= 0.6 is 0 Å². The summed E-state index contributed by atoms with van der Waals surface area (Å²) in [5, 5.41) is 14.7. The molecule has 0 bridgehead atoms. The second-order valence-corrected chi connectivity index (χ2v) is 5.74. The highest BCUT2D eigenvalue weighted by Gasteiger charge is 2.09. The fraction of sp³-hybridized carbons (Fsp3) is 0.100. The summed E-state index contributed by atoms with van der Waals surface area (Å²) < 4.78 is 12.9. The molecule has 0 fully saturated rings. The number of rotatable bonds is 6. The van der Waals surface area contributed by atoms with Gasteiger partial charge in [-0.15, -0.1) is 0 Å². The molecule has 1 heterocycles. The summed E-state index contributed by atoms with van der Waals surface area (Å²) in [4.78, 5) is 20.4. The van der Waals surface area contributed by atoms with Crippen LogP contribution in [0.25, 0.3) is 0 Å². The number of anilines is 2. The molecule has 27 heavy (non-hydrogen) atoms. The Morgan fingerprint density at radius 3 is 2.70 bits per heavy atom. The van der Waals surface area contributed by atoms with Crippen molar-refractivity contribution in [2.24, 2.45) is 0 Å². The molecule has 7 heteroatoms. The van der Waals surface area contributed by atoms with Gasteiger partial charge in [0.1, 0.15) is 23.7 Å². The fourth-order valence-electron chi connectivity index (χ4n) is 2.43. The van der Waals surface area contributed by atoms with Crippen LogP contribution in [0.2, 0.25) is 0 Å². The fourth-order valence-corrected chi connectivity index (χ4v) is 2.43. The largest absolute Gasteiger partial charge is 0.370 e. The van der Waals surface area contributed by atoms with Gasteiger partial charge in [-0.25, -0.2) is 14.4 Å². The van der Waals surface area contributed by atoms with E-state index >= 15 is 0 Å². The van der Waals surface area contributed by atoms with Gasteiger partial charge in [-0.2, -0.15) is 5.26 Å². The number of halogens is 1. The molecule has 0 spiro atoms. The van der Waals surface area contributed by atoms with Crippen LogP contribution < -0.4 is 10.6 Å². The monoisotopic (exact) mass is 361 g/mol. The SMILES string of the molecule is N#Cc1cccc(NC(=O)c2cc(NCCc3ccc(F)cc3)ncn2)c1. The maximum absolute atomic E-state index is 12.9. The highest BCUT2D eigenvalue weighted by molar-refractivity contribution is 6.03. The van der Waals surface area contributed by atoms with E-state index in [0.29, 0.717) is 30.0 Å². The quantitative estimate of drug-likeness (QED) is 0.702. The molecule has 0 aliphatic rings. The van der Waals surface area contributed by atoms with Gasteiger partial charge in [-0.05, 0) is 42.3 Å². The molecule has 1 amide bonds. The molecular weight excluding hydrogens is 345 g/mol. The van der Waals surface area contributed by atoms with Crippen molar-refractivity contribution < 1.29 is 9.18 Å². The second kappa shape index (κ2) is 8.54. The first-order chi connectivity index (χ1) is 13.1. The summed E-state index contributed by atoms with van der Waals surface area (Å²) in [6.45, 7) is 0.577. The molecule has 0 aliphatic heterocycles. The Bertz CT molecular complexity index is 982. The molecule has 134 valence electrons. The van der Waals surface area contributed by atoms with E-state index < -0.39 is 5.91 Å². The number of nitriles is 1. The summed E-state index contributed by atoms with van der Waals surface area (Å²) >= 11 is 0. The topological polar surface area (TPSA) is 90.7 Å². The zero-order chi connectivity index (χ0) is 19.1. The van der Waals surface area contributed by atoms with Gasteiger partial charge < -0.3 is 10.6 Å². The molecule has 2 aromatic carbocycles. The summed E-state index contributed by atoms with van der Waals surface area (Å²) in [5.41, 5.74) is 2.17. The molecule has 0 aliphatic carbocycles. The van der Waals surface area contributed by atoms with E-state index in [2.05, 4.69) is 20.6 Å². The first kappa shape index (κ1) is 18.0. The van der Waals surface area contributed by atoms with Crippen LogP contribution in [-0.4, -0.2) is 22.4 Å². The first-order valence-corrected chi connectivity index (χ1v) is 8.26. The molecular formula is C20H16FN5O. The minimum absolute atomic E-state index is 0.205. The Hall–Kier alpha value is -3.79. The number of carbonyl (C=O) groups excluding carboxylic acids is 1. The summed E-state index contributed by atoms with van der Waals surface area (Å²) in [7, 11) is 0. The minimum Gasteiger partial charge on any atom is -0.370 e. The summed E-state index contributed by atoms with van der Waals surface area (Å²) in [6, 6.07) is 16.5. The number of nitrogens with zero attached hydrogens (tertiary/aromatic N) is 3. The predicted octanol–water partition coefficient (Wildman–Crippen LogP) is 3.39. The van der Waals surface area contributed by atoms with Crippen molar-refractivity contribution in [3.05, 3.63) is 83.6 Å². The predicted molar refractivity (Wildman–Crippen MR) is 99.7 cm³/mol. The molecule has 2 N–H and O–H groups in total. The van der Waals surface area contributed by atoms with Crippen LogP contribution in [0.5, 0.6) is 0 Å². The van der Waals surface area contributed by atoms with Crippen molar-refractivity contribution in [1.82, 2.24) is 9.97 Å². The molecule has 0 radical (unpaired) electrons. The molecule has 1 aromatic heterocycles. The zero-order valence-electron chi connectivity index (χ0n) is 14.3. The number of hydrogen-bond donors (Lipinski definition) is 2. The number of aromatic nitrogens is 2.